The second kappa shape index (κ2) is 17.3. The minimum absolute atomic E-state index is 0.0266. The van der Waals surface area contributed by atoms with Gasteiger partial charge in [-0.3, -0.25) is 4.79 Å². The molecule has 212 valence electrons. The maximum Gasteiger partial charge on any atom is 0.132 e. The second-order valence-corrected chi connectivity index (χ2v) is 15.0. The van der Waals surface area contributed by atoms with Gasteiger partial charge in [-0.15, -0.1) is 0 Å². The van der Waals surface area contributed by atoms with E-state index < -0.39 is 0 Å². The monoisotopic (exact) mass is 594 g/mol. The molecule has 1 atom stereocenters. The van der Waals surface area contributed by atoms with E-state index in [2.05, 4.69) is 58.9 Å². The highest BCUT2D eigenvalue weighted by molar-refractivity contribution is 8.77. The topological polar surface area (TPSA) is 17.1 Å². The van der Waals surface area contributed by atoms with Crippen LogP contribution in [0.25, 0.3) is 0 Å². The summed E-state index contributed by atoms with van der Waals surface area (Å²) in [6, 6.07) is 16.7. The predicted octanol–water partition coefficient (Wildman–Crippen LogP) is 12.0. The number of halogens is 2. The maximum absolute atomic E-state index is 11.3. The summed E-state index contributed by atoms with van der Waals surface area (Å²) in [5, 5.41) is 1.57. The maximum atomic E-state index is 11.3. The Morgan fingerprint density at radius 3 is 1.82 bits per heavy atom. The van der Waals surface area contributed by atoms with Gasteiger partial charge in [0, 0.05) is 38.8 Å². The van der Waals surface area contributed by atoms with Crippen molar-refractivity contribution in [2.45, 2.75) is 115 Å². The number of ketones is 1. The van der Waals surface area contributed by atoms with Crippen molar-refractivity contribution in [3.05, 3.63) is 69.7 Å². The number of rotatable bonds is 14. The normalized spacial score (nSPS) is 17.4. The molecule has 1 unspecified atom stereocenters. The van der Waals surface area contributed by atoms with Gasteiger partial charge in [0.2, 0.25) is 0 Å². The van der Waals surface area contributed by atoms with Crippen LogP contribution in [0.5, 0.6) is 0 Å². The molecule has 1 aliphatic rings. The van der Waals surface area contributed by atoms with Crippen molar-refractivity contribution in [3.63, 3.8) is 0 Å². The molecular weight excluding hydrogens is 547 g/mol. The average Bonchev–Trinajstić information content (AvgIpc) is 3.34. The van der Waals surface area contributed by atoms with Crippen LogP contribution in [0, 0.1) is 5.92 Å². The molecule has 38 heavy (non-hydrogen) atoms. The first-order valence-electron chi connectivity index (χ1n) is 14.5. The Morgan fingerprint density at radius 1 is 0.868 bits per heavy atom. The van der Waals surface area contributed by atoms with Crippen LogP contribution in [0.2, 0.25) is 10.0 Å². The molecule has 1 fully saturated rings. The predicted molar refractivity (Wildman–Crippen MR) is 174 cm³/mol. The summed E-state index contributed by atoms with van der Waals surface area (Å²) in [6.45, 7) is 11.4. The van der Waals surface area contributed by atoms with E-state index in [1.807, 2.05) is 45.9 Å². The Balaban J connectivity index is 0.000000293. The summed E-state index contributed by atoms with van der Waals surface area (Å²) in [7, 11) is 4.05. The van der Waals surface area contributed by atoms with Crippen molar-refractivity contribution in [2.24, 2.45) is 5.92 Å². The molecule has 2 aromatic carbocycles. The van der Waals surface area contributed by atoms with Crippen LogP contribution in [-0.2, 0) is 10.2 Å². The minimum atomic E-state index is -0.0266. The summed E-state index contributed by atoms with van der Waals surface area (Å²) >= 11 is 12.2. The van der Waals surface area contributed by atoms with E-state index in [-0.39, 0.29) is 5.41 Å². The van der Waals surface area contributed by atoms with E-state index in [0.29, 0.717) is 16.4 Å². The highest BCUT2D eigenvalue weighted by atomic mass is 35.5. The number of unbranched alkanes of at least 4 members (excludes halogenated alkanes) is 1. The molecule has 5 heteroatoms. The van der Waals surface area contributed by atoms with E-state index in [4.69, 9.17) is 23.2 Å². The fraction of sp³-hybridized carbons (Fsp3) is 0.606. The third-order valence-corrected chi connectivity index (χ3v) is 11.8. The number of hydrogen-bond donors (Lipinski definition) is 0. The number of carbonyl (C=O) groups excluding carboxylic acids is 1. The fourth-order valence-electron chi connectivity index (χ4n) is 5.52. The highest BCUT2D eigenvalue weighted by Crippen LogP contribution is 2.49. The summed E-state index contributed by atoms with van der Waals surface area (Å²) < 4.78 is 0.498. The van der Waals surface area contributed by atoms with E-state index in [1.54, 1.807) is 0 Å². The quantitative estimate of drug-likeness (QED) is 0.160. The summed E-state index contributed by atoms with van der Waals surface area (Å²) in [5.41, 5.74) is 2.63. The van der Waals surface area contributed by atoms with Crippen LogP contribution >= 0.6 is 44.8 Å². The average molecular weight is 596 g/mol. The Hall–Kier alpha value is -0.610. The Labute approximate surface area is 251 Å². The summed E-state index contributed by atoms with van der Waals surface area (Å²) in [6.07, 6.45) is 12.4. The molecule has 0 amide bonds. The molecular formula is C33H48Cl2OS2. The minimum Gasteiger partial charge on any atom is -0.300 e. The number of hydrogen-bond acceptors (Lipinski definition) is 3. The standard InChI is InChI=1S/C21H26Cl2.C12H22OS2/c1-4-6-16(7-5-2)21(3,17-8-12-19(22)13-9-17)18-10-14-20(23)15-11-18;1-3-6-11(13)7-4-5-8-12(2)9-10-14-15-12/h8-16H,4-7H2,1-3H3;3-10H2,1-2H3. The molecule has 0 aliphatic carbocycles. The van der Waals surface area contributed by atoms with Crippen LogP contribution < -0.4 is 0 Å². The molecule has 0 N–H and O–H groups in total. The molecule has 1 heterocycles. The van der Waals surface area contributed by atoms with Crippen molar-refractivity contribution < 1.29 is 4.79 Å². The number of Topliss-reactive ketones (excluding diaryl/α,β-unsaturated/α-hetero) is 1. The smallest absolute Gasteiger partial charge is 0.132 e. The first-order chi connectivity index (χ1) is 18.2. The van der Waals surface area contributed by atoms with Gasteiger partial charge in [-0.2, -0.15) is 0 Å². The zero-order chi connectivity index (χ0) is 28.0. The van der Waals surface area contributed by atoms with Gasteiger partial charge in [-0.1, -0.05) is 116 Å². The van der Waals surface area contributed by atoms with Gasteiger partial charge >= 0.3 is 0 Å². The van der Waals surface area contributed by atoms with Crippen LogP contribution in [0.3, 0.4) is 0 Å². The second-order valence-electron chi connectivity index (χ2n) is 11.1. The van der Waals surface area contributed by atoms with Crippen molar-refractivity contribution in [2.75, 3.05) is 5.75 Å². The third kappa shape index (κ3) is 10.4. The van der Waals surface area contributed by atoms with E-state index >= 15 is 0 Å². The molecule has 1 nitrogen and oxygen atoms in total. The largest absolute Gasteiger partial charge is 0.300 e. The van der Waals surface area contributed by atoms with Crippen LogP contribution in [-0.4, -0.2) is 16.3 Å². The van der Waals surface area contributed by atoms with Gasteiger partial charge in [0.25, 0.3) is 0 Å². The van der Waals surface area contributed by atoms with Gasteiger partial charge in [0.1, 0.15) is 5.78 Å². The first kappa shape index (κ1) is 33.6. The Kier molecular flexibility index (Phi) is 15.3. The van der Waals surface area contributed by atoms with Gasteiger partial charge in [-0.05, 0) is 86.8 Å². The van der Waals surface area contributed by atoms with Crippen LogP contribution in [0.15, 0.2) is 48.5 Å². The molecule has 2 aromatic rings. The van der Waals surface area contributed by atoms with Crippen molar-refractivity contribution in [3.8, 4) is 0 Å². The lowest BCUT2D eigenvalue weighted by molar-refractivity contribution is -0.119. The van der Waals surface area contributed by atoms with Crippen LogP contribution in [0.1, 0.15) is 116 Å². The Bertz CT molecular complexity index is 885. The molecule has 0 saturated carbocycles. The summed E-state index contributed by atoms with van der Waals surface area (Å²) in [5.74, 6) is 2.35. The SMILES string of the molecule is CCCC(=O)CCCCC1(C)CCSS1.CCCC(CCC)C(C)(c1ccc(Cl)cc1)c1ccc(Cl)cc1. The van der Waals surface area contributed by atoms with E-state index in [9.17, 15) is 4.79 Å². The lowest BCUT2D eigenvalue weighted by atomic mass is 9.64. The van der Waals surface area contributed by atoms with Crippen molar-refractivity contribution in [1.82, 2.24) is 0 Å². The highest BCUT2D eigenvalue weighted by Gasteiger charge is 2.36. The van der Waals surface area contributed by atoms with Gasteiger partial charge < -0.3 is 0 Å². The lowest BCUT2D eigenvalue weighted by Crippen LogP contribution is -2.33. The molecule has 0 spiro atoms. The van der Waals surface area contributed by atoms with Crippen LogP contribution in [0.4, 0.5) is 0 Å². The molecule has 3 rings (SSSR count). The molecule has 1 saturated heterocycles. The fourth-order valence-corrected chi connectivity index (χ4v) is 9.07. The van der Waals surface area contributed by atoms with E-state index in [0.717, 1.165) is 35.7 Å². The van der Waals surface area contributed by atoms with Gasteiger partial charge in [-0.25, -0.2) is 0 Å². The first-order valence-corrected chi connectivity index (χ1v) is 17.6. The number of benzene rings is 2. The van der Waals surface area contributed by atoms with Gasteiger partial charge in [0.15, 0.2) is 0 Å². The van der Waals surface area contributed by atoms with Crippen molar-refractivity contribution in [1.29, 1.82) is 0 Å². The molecule has 1 aliphatic heterocycles. The Morgan fingerprint density at radius 2 is 1.39 bits per heavy atom. The molecule has 0 bridgehead atoms. The lowest BCUT2D eigenvalue weighted by Gasteiger charge is -2.39. The zero-order valence-electron chi connectivity index (χ0n) is 24.2. The van der Waals surface area contributed by atoms with Gasteiger partial charge in [0.05, 0.1) is 0 Å². The molecule has 0 aromatic heterocycles. The molecule has 0 radical (unpaired) electrons. The van der Waals surface area contributed by atoms with Crippen molar-refractivity contribution >= 4 is 50.6 Å². The third-order valence-electron chi connectivity index (χ3n) is 7.89. The summed E-state index contributed by atoms with van der Waals surface area (Å²) in [4.78, 5) is 11.3. The number of carbonyl (C=O) groups is 1. The zero-order valence-corrected chi connectivity index (χ0v) is 27.3. The van der Waals surface area contributed by atoms with E-state index in [1.165, 1.54) is 61.8 Å².